The van der Waals surface area contributed by atoms with Crippen LogP contribution in [0.3, 0.4) is 0 Å². The van der Waals surface area contributed by atoms with Gasteiger partial charge in [-0.05, 0) is 24.6 Å². The maximum Gasteiger partial charge on any atom is 0.270 e. The minimum Gasteiger partial charge on any atom is -0.506 e. The van der Waals surface area contributed by atoms with Crippen LogP contribution in [0.25, 0.3) is 0 Å². The van der Waals surface area contributed by atoms with Gasteiger partial charge in [0.2, 0.25) is 0 Å². The van der Waals surface area contributed by atoms with Crippen molar-refractivity contribution in [3.05, 3.63) is 63.5 Å². The number of phenols is 1. The number of hydrogen-bond donors (Lipinski definition) is 2. The number of anilines is 1. The molecule has 1 amide bonds. The number of aromatic hydroxyl groups is 1. The van der Waals surface area contributed by atoms with Crippen molar-refractivity contribution in [2.24, 2.45) is 0 Å². The number of rotatable bonds is 3. The van der Waals surface area contributed by atoms with Gasteiger partial charge in [-0.25, -0.2) is 4.39 Å². The first kappa shape index (κ1) is 14.4. The number of carbonyl (C=O) groups is 1. The van der Waals surface area contributed by atoms with Crippen LogP contribution in [0.15, 0.2) is 36.4 Å². The molecule has 0 aliphatic rings. The molecule has 0 aliphatic heterocycles. The number of carbonyl (C=O) groups excluding carboxylic acids is 1. The fraction of sp³-hybridized carbons (Fsp3) is 0.0714. The summed E-state index contributed by atoms with van der Waals surface area (Å²) in [7, 11) is 0. The Bertz CT molecular complexity index is 711. The lowest BCUT2D eigenvalue weighted by molar-refractivity contribution is -0.384. The van der Waals surface area contributed by atoms with E-state index in [1.165, 1.54) is 6.07 Å². The molecular formula is C14H11FN2O4. The van der Waals surface area contributed by atoms with Crippen LogP contribution in [0, 0.1) is 22.9 Å². The van der Waals surface area contributed by atoms with Crippen molar-refractivity contribution in [1.29, 1.82) is 0 Å². The highest BCUT2D eigenvalue weighted by atomic mass is 19.1. The SMILES string of the molecule is Cc1cccc(O)c1NC(=O)c1cc([N+](=O)[O-])ccc1F. The summed E-state index contributed by atoms with van der Waals surface area (Å²) in [6.07, 6.45) is 0. The summed E-state index contributed by atoms with van der Waals surface area (Å²) in [5, 5.41) is 22.7. The number of nitro benzene ring substituents is 1. The molecule has 0 unspecified atom stereocenters. The molecule has 6 nitrogen and oxygen atoms in total. The van der Waals surface area contributed by atoms with Crippen molar-refractivity contribution in [2.45, 2.75) is 6.92 Å². The van der Waals surface area contributed by atoms with Gasteiger partial charge in [0.25, 0.3) is 11.6 Å². The number of benzene rings is 2. The van der Waals surface area contributed by atoms with Gasteiger partial charge in [0, 0.05) is 12.1 Å². The molecule has 2 aromatic carbocycles. The fourth-order valence-electron chi connectivity index (χ4n) is 1.80. The van der Waals surface area contributed by atoms with Crippen LogP contribution in [-0.2, 0) is 0 Å². The molecule has 108 valence electrons. The highest BCUT2D eigenvalue weighted by Gasteiger charge is 2.18. The highest BCUT2D eigenvalue weighted by molar-refractivity contribution is 6.06. The number of nitrogens with one attached hydrogen (secondary N) is 1. The first-order valence-electron chi connectivity index (χ1n) is 5.94. The minimum atomic E-state index is -0.883. The molecule has 7 heteroatoms. The Hall–Kier alpha value is -2.96. The van der Waals surface area contributed by atoms with Gasteiger partial charge in [-0.2, -0.15) is 0 Å². The fourth-order valence-corrected chi connectivity index (χ4v) is 1.80. The summed E-state index contributed by atoms with van der Waals surface area (Å²) < 4.78 is 13.6. The summed E-state index contributed by atoms with van der Waals surface area (Å²) in [5.41, 5.74) is -0.148. The summed E-state index contributed by atoms with van der Waals surface area (Å²) in [6.45, 7) is 1.65. The van der Waals surface area contributed by atoms with E-state index < -0.39 is 27.9 Å². The first-order chi connectivity index (χ1) is 9.90. The molecule has 2 rings (SSSR count). The van der Waals surface area contributed by atoms with E-state index in [2.05, 4.69) is 5.32 Å². The maximum atomic E-state index is 13.6. The second-order valence-electron chi connectivity index (χ2n) is 4.34. The van der Waals surface area contributed by atoms with E-state index in [9.17, 15) is 24.4 Å². The molecule has 0 heterocycles. The number of non-ortho nitro benzene ring substituents is 1. The molecule has 0 saturated carbocycles. The maximum absolute atomic E-state index is 13.6. The second-order valence-corrected chi connectivity index (χ2v) is 4.34. The van der Waals surface area contributed by atoms with E-state index in [0.29, 0.717) is 5.56 Å². The van der Waals surface area contributed by atoms with Gasteiger partial charge >= 0.3 is 0 Å². The van der Waals surface area contributed by atoms with Crippen LogP contribution < -0.4 is 5.32 Å². The molecule has 2 N–H and O–H groups in total. The van der Waals surface area contributed by atoms with Crippen molar-refractivity contribution in [3.8, 4) is 5.75 Å². The molecular weight excluding hydrogens is 279 g/mol. The van der Waals surface area contributed by atoms with Crippen molar-refractivity contribution in [2.75, 3.05) is 5.32 Å². The Morgan fingerprint density at radius 3 is 2.67 bits per heavy atom. The van der Waals surface area contributed by atoms with Crippen LogP contribution in [0.2, 0.25) is 0 Å². The van der Waals surface area contributed by atoms with Crippen molar-refractivity contribution in [3.63, 3.8) is 0 Å². The predicted octanol–water partition coefficient (Wildman–Crippen LogP) is 3.00. The Morgan fingerprint density at radius 2 is 2.05 bits per heavy atom. The zero-order valence-electron chi connectivity index (χ0n) is 11.0. The molecule has 0 radical (unpaired) electrons. The van der Waals surface area contributed by atoms with Crippen LogP contribution in [0.1, 0.15) is 15.9 Å². The molecule has 2 aromatic rings. The second kappa shape index (κ2) is 5.58. The summed E-state index contributed by atoms with van der Waals surface area (Å²) in [4.78, 5) is 22.0. The van der Waals surface area contributed by atoms with Gasteiger partial charge in [-0.15, -0.1) is 0 Å². The number of hydrogen-bond acceptors (Lipinski definition) is 4. The standard InChI is InChI=1S/C14H11FN2O4/c1-8-3-2-4-12(18)13(8)16-14(19)10-7-9(17(20)21)5-6-11(10)15/h2-7,18H,1H3,(H,16,19). The Balaban J connectivity index is 2.37. The molecule has 0 fully saturated rings. The normalized spacial score (nSPS) is 10.2. The van der Waals surface area contributed by atoms with Crippen LogP contribution >= 0.6 is 0 Å². The van der Waals surface area contributed by atoms with Crippen LogP contribution in [0.5, 0.6) is 5.75 Å². The third-order valence-corrected chi connectivity index (χ3v) is 2.89. The number of halogens is 1. The molecule has 0 aliphatic carbocycles. The molecule has 0 spiro atoms. The van der Waals surface area contributed by atoms with Gasteiger partial charge in [0.15, 0.2) is 0 Å². The highest BCUT2D eigenvalue weighted by Crippen LogP contribution is 2.27. The topological polar surface area (TPSA) is 92.5 Å². The van der Waals surface area contributed by atoms with E-state index in [4.69, 9.17) is 0 Å². The van der Waals surface area contributed by atoms with E-state index in [1.54, 1.807) is 19.1 Å². The quantitative estimate of drug-likeness (QED) is 0.516. The summed E-state index contributed by atoms with van der Waals surface area (Å²) in [6, 6.07) is 7.28. The summed E-state index contributed by atoms with van der Waals surface area (Å²) >= 11 is 0. The van der Waals surface area contributed by atoms with Gasteiger partial charge in [-0.1, -0.05) is 12.1 Å². The van der Waals surface area contributed by atoms with E-state index in [-0.39, 0.29) is 11.4 Å². The van der Waals surface area contributed by atoms with Gasteiger partial charge < -0.3 is 10.4 Å². The van der Waals surface area contributed by atoms with Crippen molar-refractivity contribution < 1.29 is 19.2 Å². The van der Waals surface area contributed by atoms with E-state index >= 15 is 0 Å². The lowest BCUT2D eigenvalue weighted by Gasteiger charge is -2.10. The third kappa shape index (κ3) is 2.97. The average Bonchev–Trinajstić information content (AvgIpc) is 2.43. The summed E-state index contributed by atoms with van der Waals surface area (Å²) in [5.74, 6) is -1.93. The number of amides is 1. The van der Waals surface area contributed by atoms with E-state index in [1.807, 2.05) is 0 Å². The van der Waals surface area contributed by atoms with Gasteiger partial charge in [0.05, 0.1) is 16.2 Å². The number of nitrogens with zero attached hydrogens (tertiary/aromatic N) is 1. The van der Waals surface area contributed by atoms with Gasteiger partial charge in [-0.3, -0.25) is 14.9 Å². The molecule has 0 saturated heterocycles. The first-order valence-corrected chi connectivity index (χ1v) is 5.94. The average molecular weight is 290 g/mol. The molecule has 0 aromatic heterocycles. The molecule has 0 bridgehead atoms. The number of para-hydroxylation sites is 1. The van der Waals surface area contributed by atoms with Crippen LogP contribution in [0.4, 0.5) is 15.8 Å². The predicted molar refractivity (Wildman–Crippen MR) is 73.9 cm³/mol. The molecule has 21 heavy (non-hydrogen) atoms. The molecule has 0 atom stereocenters. The van der Waals surface area contributed by atoms with Crippen LogP contribution in [-0.4, -0.2) is 15.9 Å². The number of phenolic OH excluding ortho intramolecular Hbond substituents is 1. The van der Waals surface area contributed by atoms with Crippen molar-refractivity contribution in [1.82, 2.24) is 0 Å². The zero-order valence-corrected chi connectivity index (χ0v) is 11.0. The van der Waals surface area contributed by atoms with Gasteiger partial charge in [0.1, 0.15) is 11.6 Å². The largest absolute Gasteiger partial charge is 0.506 e. The monoisotopic (exact) mass is 290 g/mol. The smallest absolute Gasteiger partial charge is 0.270 e. The zero-order chi connectivity index (χ0) is 15.6. The van der Waals surface area contributed by atoms with E-state index in [0.717, 1.165) is 18.2 Å². The minimum absolute atomic E-state index is 0.133. The Kier molecular flexibility index (Phi) is 3.84. The van der Waals surface area contributed by atoms with Crippen molar-refractivity contribution >= 4 is 17.3 Å². The lowest BCUT2D eigenvalue weighted by atomic mass is 10.1. The lowest BCUT2D eigenvalue weighted by Crippen LogP contribution is -2.15. The Morgan fingerprint density at radius 1 is 1.33 bits per heavy atom. The number of nitro groups is 1. The number of aryl methyl sites for hydroxylation is 1. The Labute approximate surface area is 119 Å². The third-order valence-electron chi connectivity index (χ3n) is 2.89.